The van der Waals surface area contributed by atoms with Gasteiger partial charge in [0.1, 0.15) is 0 Å². The van der Waals surface area contributed by atoms with Gasteiger partial charge in [-0.2, -0.15) is 0 Å². The van der Waals surface area contributed by atoms with Crippen molar-refractivity contribution in [2.45, 2.75) is 64.0 Å². The number of piperidine rings is 1. The van der Waals surface area contributed by atoms with Crippen molar-refractivity contribution >= 4 is 17.5 Å². The molecule has 2 heterocycles. The largest absolute Gasteiger partial charge is 0.341 e. The van der Waals surface area contributed by atoms with Crippen molar-refractivity contribution in [3.63, 3.8) is 0 Å². The average Bonchev–Trinajstić information content (AvgIpc) is 3.02. The third kappa shape index (κ3) is 3.49. The number of likely N-dealkylation sites (tertiary alicyclic amines) is 1. The Kier molecular flexibility index (Phi) is 5.22. The van der Waals surface area contributed by atoms with E-state index in [-0.39, 0.29) is 35.7 Å². The third-order valence-corrected chi connectivity index (χ3v) is 6.61. The molecule has 5 nitrogen and oxygen atoms in total. The highest BCUT2D eigenvalue weighted by Crippen LogP contribution is 2.38. The Morgan fingerprint density at radius 2 is 1.70 bits per heavy atom. The zero-order valence-electron chi connectivity index (χ0n) is 16.3. The molecule has 1 saturated heterocycles. The van der Waals surface area contributed by atoms with Gasteiger partial charge in [-0.15, -0.1) is 0 Å². The maximum absolute atomic E-state index is 13.6. The first-order valence-corrected chi connectivity index (χ1v) is 10.5. The van der Waals surface area contributed by atoms with Crippen molar-refractivity contribution in [2.24, 2.45) is 17.6 Å². The summed E-state index contributed by atoms with van der Waals surface area (Å²) in [6.45, 7) is 3.54. The highest BCUT2D eigenvalue weighted by Gasteiger charge is 2.43. The second-order valence-corrected chi connectivity index (χ2v) is 8.57. The van der Waals surface area contributed by atoms with E-state index in [0.29, 0.717) is 6.54 Å². The number of carbonyl (C=O) groups is 2. The van der Waals surface area contributed by atoms with Crippen molar-refractivity contribution in [1.29, 1.82) is 0 Å². The number of para-hydroxylation sites is 1. The smallest absolute Gasteiger partial charge is 0.231 e. The Morgan fingerprint density at radius 3 is 2.44 bits per heavy atom. The molecule has 2 N–H and O–H groups in total. The standard InChI is InChI=1S/C22H31N3O2/c1-15-13-16-7-2-5-11-20(16)25(15)22(27)19-10-4-3-9-18(19)21(26)24-12-6-8-17(23)14-24/h2,5,7,11,15,17-19H,3-4,6,8-10,12-14,23H2,1H3. The van der Waals surface area contributed by atoms with Crippen molar-refractivity contribution in [1.82, 2.24) is 4.90 Å². The van der Waals surface area contributed by atoms with Gasteiger partial charge in [-0.3, -0.25) is 9.59 Å². The number of hydrogen-bond donors (Lipinski definition) is 1. The minimum atomic E-state index is -0.196. The highest BCUT2D eigenvalue weighted by atomic mass is 16.2. The Labute approximate surface area is 161 Å². The fraction of sp³-hybridized carbons (Fsp3) is 0.636. The van der Waals surface area contributed by atoms with Crippen LogP contribution < -0.4 is 10.6 Å². The zero-order valence-corrected chi connectivity index (χ0v) is 16.3. The Balaban J connectivity index is 1.55. The first kappa shape index (κ1) is 18.5. The van der Waals surface area contributed by atoms with Gasteiger partial charge in [0.05, 0.1) is 5.92 Å². The number of nitrogens with zero attached hydrogens (tertiary/aromatic N) is 2. The third-order valence-electron chi connectivity index (χ3n) is 6.61. The first-order chi connectivity index (χ1) is 13.1. The molecule has 0 aromatic heterocycles. The maximum Gasteiger partial charge on any atom is 0.231 e. The van der Waals surface area contributed by atoms with Crippen LogP contribution in [0.1, 0.15) is 51.0 Å². The van der Waals surface area contributed by atoms with Gasteiger partial charge in [-0.25, -0.2) is 0 Å². The van der Waals surface area contributed by atoms with Crippen LogP contribution in [-0.4, -0.2) is 41.9 Å². The highest BCUT2D eigenvalue weighted by molar-refractivity contribution is 6.00. The fourth-order valence-electron chi connectivity index (χ4n) is 5.25. The average molecular weight is 370 g/mol. The van der Waals surface area contributed by atoms with E-state index in [0.717, 1.165) is 57.2 Å². The monoisotopic (exact) mass is 369 g/mol. The quantitative estimate of drug-likeness (QED) is 0.872. The lowest BCUT2D eigenvalue weighted by Gasteiger charge is -2.39. The van der Waals surface area contributed by atoms with E-state index in [1.54, 1.807) is 0 Å². The summed E-state index contributed by atoms with van der Waals surface area (Å²) in [5.74, 6) is -0.0790. The first-order valence-electron chi connectivity index (χ1n) is 10.5. The van der Waals surface area contributed by atoms with Gasteiger partial charge in [0.15, 0.2) is 0 Å². The molecule has 4 atom stereocenters. The molecule has 1 aromatic rings. The predicted octanol–water partition coefficient (Wildman–Crippen LogP) is 2.72. The molecule has 1 aliphatic carbocycles. The number of carbonyl (C=O) groups excluding carboxylic acids is 2. The molecule has 4 unspecified atom stereocenters. The Morgan fingerprint density at radius 1 is 1.00 bits per heavy atom. The summed E-state index contributed by atoms with van der Waals surface area (Å²) in [5.41, 5.74) is 8.36. The molecule has 3 aliphatic rings. The number of fused-ring (bicyclic) bond motifs is 1. The second kappa shape index (κ2) is 7.63. The summed E-state index contributed by atoms with van der Waals surface area (Å²) in [5, 5.41) is 0. The molecule has 0 spiro atoms. The van der Waals surface area contributed by atoms with E-state index in [4.69, 9.17) is 5.73 Å². The molecule has 5 heteroatoms. The van der Waals surface area contributed by atoms with E-state index in [9.17, 15) is 9.59 Å². The zero-order chi connectivity index (χ0) is 19.0. The molecule has 0 radical (unpaired) electrons. The number of anilines is 1. The van der Waals surface area contributed by atoms with E-state index in [2.05, 4.69) is 13.0 Å². The van der Waals surface area contributed by atoms with Crippen LogP contribution in [0.3, 0.4) is 0 Å². The van der Waals surface area contributed by atoms with Crippen molar-refractivity contribution < 1.29 is 9.59 Å². The molecule has 27 heavy (non-hydrogen) atoms. The van der Waals surface area contributed by atoms with Gasteiger partial charge in [0.2, 0.25) is 11.8 Å². The van der Waals surface area contributed by atoms with Gasteiger partial charge in [-0.05, 0) is 50.7 Å². The molecule has 2 aliphatic heterocycles. The van der Waals surface area contributed by atoms with Crippen LogP contribution >= 0.6 is 0 Å². The molecule has 146 valence electrons. The lowest BCUT2D eigenvalue weighted by Crippen LogP contribution is -2.52. The van der Waals surface area contributed by atoms with Crippen LogP contribution in [0.25, 0.3) is 0 Å². The summed E-state index contributed by atoms with van der Waals surface area (Å²) in [4.78, 5) is 30.7. The molecule has 1 aromatic carbocycles. The lowest BCUT2D eigenvalue weighted by molar-refractivity contribution is -0.144. The van der Waals surface area contributed by atoms with Crippen LogP contribution in [-0.2, 0) is 16.0 Å². The summed E-state index contributed by atoms with van der Waals surface area (Å²) in [6, 6.07) is 8.42. The van der Waals surface area contributed by atoms with Crippen LogP contribution in [0.15, 0.2) is 24.3 Å². The van der Waals surface area contributed by atoms with E-state index >= 15 is 0 Å². The van der Waals surface area contributed by atoms with E-state index in [1.807, 2.05) is 28.0 Å². The normalized spacial score (nSPS) is 30.9. The van der Waals surface area contributed by atoms with Crippen molar-refractivity contribution in [3.05, 3.63) is 29.8 Å². The molecule has 4 rings (SSSR count). The van der Waals surface area contributed by atoms with Gasteiger partial charge in [0.25, 0.3) is 0 Å². The van der Waals surface area contributed by atoms with Crippen LogP contribution in [0, 0.1) is 11.8 Å². The SMILES string of the molecule is CC1Cc2ccccc2N1C(=O)C1CCCCC1C(=O)N1CCCC(N)C1. The number of nitrogens with two attached hydrogens (primary N) is 1. The molecular weight excluding hydrogens is 338 g/mol. The van der Waals surface area contributed by atoms with Crippen LogP contribution in [0.2, 0.25) is 0 Å². The number of rotatable bonds is 2. The lowest BCUT2D eigenvalue weighted by atomic mass is 9.77. The minimum Gasteiger partial charge on any atom is -0.341 e. The molecular formula is C22H31N3O2. The van der Waals surface area contributed by atoms with Gasteiger partial charge in [0, 0.05) is 36.8 Å². The number of amides is 2. The molecule has 1 saturated carbocycles. The van der Waals surface area contributed by atoms with Crippen LogP contribution in [0.4, 0.5) is 5.69 Å². The van der Waals surface area contributed by atoms with Gasteiger partial charge < -0.3 is 15.5 Å². The van der Waals surface area contributed by atoms with Gasteiger partial charge >= 0.3 is 0 Å². The predicted molar refractivity (Wildman–Crippen MR) is 106 cm³/mol. The summed E-state index contributed by atoms with van der Waals surface area (Å²) in [6.07, 6.45) is 6.56. The fourth-order valence-corrected chi connectivity index (χ4v) is 5.25. The summed E-state index contributed by atoms with van der Waals surface area (Å²) < 4.78 is 0. The molecule has 0 bridgehead atoms. The maximum atomic E-state index is 13.6. The Bertz CT molecular complexity index is 719. The number of benzene rings is 1. The van der Waals surface area contributed by atoms with Crippen molar-refractivity contribution in [2.75, 3.05) is 18.0 Å². The molecule has 2 fully saturated rings. The van der Waals surface area contributed by atoms with Crippen LogP contribution in [0.5, 0.6) is 0 Å². The summed E-state index contributed by atoms with van der Waals surface area (Å²) in [7, 11) is 0. The van der Waals surface area contributed by atoms with E-state index in [1.165, 1.54) is 5.56 Å². The topological polar surface area (TPSA) is 66.6 Å². The van der Waals surface area contributed by atoms with E-state index < -0.39 is 0 Å². The van der Waals surface area contributed by atoms with Crippen molar-refractivity contribution in [3.8, 4) is 0 Å². The Hall–Kier alpha value is -1.88. The van der Waals surface area contributed by atoms with Gasteiger partial charge in [-0.1, -0.05) is 31.0 Å². The minimum absolute atomic E-state index is 0.0749. The summed E-state index contributed by atoms with van der Waals surface area (Å²) >= 11 is 0. The molecule has 2 amide bonds. The second-order valence-electron chi connectivity index (χ2n) is 8.57. The number of hydrogen-bond acceptors (Lipinski definition) is 3.